The SMILES string of the molecule is CNC(=O)CCC(C=O)N1C(=O)c2cccc(NCCOCCNSC3CN(Cc4c(OC)cc(-c5cn(C)c(=O)c6cnccc56)cc4OC)C3)c2C1=O. The third kappa shape index (κ3) is 8.52. The molecule has 55 heavy (non-hydrogen) atoms. The highest BCUT2D eigenvalue weighted by Gasteiger charge is 2.41. The number of fused-ring (bicyclic) bond motifs is 2. The van der Waals surface area contributed by atoms with Crippen molar-refractivity contribution in [3.05, 3.63) is 82.0 Å². The molecule has 1 unspecified atom stereocenters. The van der Waals surface area contributed by atoms with Gasteiger partial charge in [0.25, 0.3) is 17.4 Å². The monoisotopic (exact) mass is 771 g/mol. The molecule has 1 atom stereocenters. The first-order chi connectivity index (χ1) is 26.7. The number of imide groups is 1. The number of rotatable bonds is 19. The number of likely N-dealkylation sites (tertiary alicyclic amines) is 1. The third-order valence-corrected chi connectivity index (χ3v) is 10.8. The summed E-state index contributed by atoms with van der Waals surface area (Å²) in [5, 5.41) is 7.43. The molecular formula is C39H45N7O8S. The minimum atomic E-state index is -1.03. The summed E-state index contributed by atoms with van der Waals surface area (Å²) in [6.07, 6.45) is 5.71. The Morgan fingerprint density at radius 2 is 1.76 bits per heavy atom. The van der Waals surface area contributed by atoms with Crippen LogP contribution in [0.15, 0.2) is 59.8 Å². The fourth-order valence-corrected chi connectivity index (χ4v) is 7.86. The topological polar surface area (TPSA) is 173 Å². The molecule has 4 aromatic rings. The maximum Gasteiger partial charge on any atom is 0.264 e. The number of methoxy groups -OCH3 is 2. The van der Waals surface area contributed by atoms with Crippen molar-refractivity contribution >= 4 is 52.4 Å². The summed E-state index contributed by atoms with van der Waals surface area (Å²) in [6, 6.07) is 9.76. The molecule has 2 aromatic heterocycles. The molecule has 2 aliphatic heterocycles. The molecule has 0 spiro atoms. The highest BCUT2D eigenvalue weighted by molar-refractivity contribution is 7.98. The van der Waals surface area contributed by atoms with Gasteiger partial charge in [-0.15, -0.1) is 0 Å². The zero-order valence-electron chi connectivity index (χ0n) is 31.3. The number of aromatic nitrogens is 2. The lowest BCUT2D eigenvalue weighted by molar-refractivity contribution is -0.121. The molecule has 1 fully saturated rings. The van der Waals surface area contributed by atoms with Crippen LogP contribution in [-0.2, 0) is 27.9 Å². The van der Waals surface area contributed by atoms with Crippen LogP contribution in [0.3, 0.4) is 0 Å². The molecule has 1 saturated heterocycles. The van der Waals surface area contributed by atoms with Crippen LogP contribution in [0.25, 0.3) is 21.9 Å². The Morgan fingerprint density at radius 1 is 1.02 bits per heavy atom. The number of anilines is 1. The summed E-state index contributed by atoms with van der Waals surface area (Å²) in [7, 11) is 6.52. The van der Waals surface area contributed by atoms with Gasteiger partial charge in [0.15, 0.2) is 0 Å². The van der Waals surface area contributed by atoms with Crippen LogP contribution < -0.4 is 30.4 Å². The van der Waals surface area contributed by atoms with E-state index in [1.807, 2.05) is 24.4 Å². The number of carbonyl (C=O) groups is 4. The van der Waals surface area contributed by atoms with Crippen molar-refractivity contribution in [3.8, 4) is 22.6 Å². The van der Waals surface area contributed by atoms with Gasteiger partial charge in [0.05, 0.1) is 55.6 Å². The predicted octanol–water partition coefficient (Wildman–Crippen LogP) is 2.86. The highest BCUT2D eigenvalue weighted by atomic mass is 32.2. The smallest absolute Gasteiger partial charge is 0.264 e. The van der Waals surface area contributed by atoms with E-state index in [2.05, 4.69) is 25.2 Å². The van der Waals surface area contributed by atoms with Crippen LogP contribution in [0.5, 0.6) is 11.5 Å². The zero-order valence-corrected chi connectivity index (χ0v) is 32.1. The van der Waals surface area contributed by atoms with Crippen molar-refractivity contribution in [2.75, 3.05) is 66.0 Å². The molecule has 2 aliphatic rings. The van der Waals surface area contributed by atoms with Gasteiger partial charge in [-0.3, -0.25) is 38.7 Å². The lowest BCUT2D eigenvalue weighted by atomic mass is 9.98. The second-order valence-electron chi connectivity index (χ2n) is 13.2. The second-order valence-corrected chi connectivity index (χ2v) is 14.4. The summed E-state index contributed by atoms with van der Waals surface area (Å²) >= 11 is 1.68. The maximum absolute atomic E-state index is 13.3. The van der Waals surface area contributed by atoms with Gasteiger partial charge in [0, 0.05) is 88.3 Å². The number of aldehydes is 1. The van der Waals surface area contributed by atoms with E-state index in [9.17, 15) is 24.0 Å². The van der Waals surface area contributed by atoms with Crippen LogP contribution in [0.4, 0.5) is 5.69 Å². The van der Waals surface area contributed by atoms with E-state index in [1.54, 1.807) is 68.4 Å². The molecule has 15 nitrogen and oxygen atoms in total. The molecule has 290 valence electrons. The number of ether oxygens (including phenoxy) is 3. The van der Waals surface area contributed by atoms with Gasteiger partial charge in [-0.2, -0.15) is 0 Å². The Hall–Kier alpha value is -5.29. The van der Waals surface area contributed by atoms with Crippen molar-refractivity contribution in [1.29, 1.82) is 0 Å². The van der Waals surface area contributed by atoms with Gasteiger partial charge in [-0.25, -0.2) is 0 Å². The summed E-state index contributed by atoms with van der Waals surface area (Å²) in [5.41, 5.74) is 3.55. The lowest BCUT2D eigenvalue weighted by Gasteiger charge is -2.39. The van der Waals surface area contributed by atoms with Crippen LogP contribution >= 0.6 is 11.9 Å². The third-order valence-electron chi connectivity index (χ3n) is 9.75. The van der Waals surface area contributed by atoms with Crippen LogP contribution in [-0.4, -0.2) is 115 Å². The van der Waals surface area contributed by atoms with Crippen molar-refractivity contribution in [2.45, 2.75) is 30.7 Å². The molecule has 6 rings (SSSR count). The maximum atomic E-state index is 13.3. The van der Waals surface area contributed by atoms with E-state index >= 15 is 0 Å². The van der Waals surface area contributed by atoms with Gasteiger partial charge >= 0.3 is 0 Å². The number of carbonyl (C=O) groups excluding carboxylic acids is 4. The molecule has 0 radical (unpaired) electrons. The lowest BCUT2D eigenvalue weighted by Crippen LogP contribution is -2.49. The minimum absolute atomic E-state index is 0.0159. The number of hydrogen-bond acceptors (Lipinski definition) is 13. The molecule has 0 bridgehead atoms. The predicted molar refractivity (Wildman–Crippen MR) is 210 cm³/mol. The minimum Gasteiger partial charge on any atom is -0.496 e. The van der Waals surface area contributed by atoms with E-state index in [4.69, 9.17) is 14.2 Å². The Bertz CT molecular complexity index is 2110. The number of amides is 3. The molecule has 0 aliphatic carbocycles. The Balaban J connectivity index is 0.929. The number of aryl methyl sites for hydroxylation is 1. The summed E-state index contributed by atoms with van der Waals surface area (Å²) in [5.74, 6) is 0.0408. The average Bonchev–Trinajstić information content (AvgIpc) is 3.44. The molecule has 0 saturated carbocycles. The van der Waals surface area contributed by atoms with Gasteiger partial charge in [0.2, 0.25) is 5.91 Å². The van der Waals surface area contributed by atoms with E-state index in [0.717, 1.165) is 40.1 Å². The molecular weight excluding hydrogens is 727 g/mol. The Labute approximate surface area is 322 Å². The summed E-state index contributed by atoms with van der Waals surface area (Å²) in [6.45, 7) is 4.34. The number of nitrogens with zero attached hydrogens (tertiary/aromatic N) is 4. The van der Waals surface area contributed by atoms with Crippen molar-refractivity contribution in [1.82, 2.24) is 29.4 Å². The van der Waals surface area contributed by atoms with E-state index < -0.39 is 17.9 Å². The molecule has 3 amide bonds. The second kappa shape index (κ2) is 17.9. The molecule has 4 heterocycles. The standard InChI is InChI=1S/C39H45N7O8S/c1-40-35(48)9-8-25(23-47)46-38(50)28-6-5-7-32(36(28)39(46)51)42-12-14-54-15-13-43-55-26-19-45(20-26)22-31-33(52-3)16-24(17-34(31)53-4)30-21-44(2)37(49)29-18-41-11-10-27(29)30/h5-7,10-11,16-18,21,23,25-26,42-43H,8-9,12-15,19-20,22H2,1-4H3,(H,40,48). The fourth-order valence-electron chi connectivity index (χ4n) is 6.85. The van der Waals surface area contributed by atoms with Crippen LogP contribution in [0.1, 0.15) is 39.1 Å². The fraction of sp³-hybridized carbons (Fsp3) is 0.385. The molecule has 3 N–H and O–H groups in total. The van der Waals surface area contributed by atoms with E-state index in [1.165, 1.54) is 7.05 Å². The Morgan fingerprint density at radius 3 is 2.47 bits per heavy atom. The van der Waals surface area contributed by atoms with Gasteiger partial charge in [-0.1, -0.05) is 18.0 Å². The van der Waals surface area contributed by atoms with Crippen molar-refractivity contribution < 1.29 is 33.4 Å². The number of benzene rings is 2. The largest absolute Gasteiger partial charge is 0.496 e. The number of hydrogen-bond donors (Lipinski definition) is 3. The Kier molecular flexibility index (Phi) is 12.8. The zero-order chi connectivity index (χ0) is 39.1. The first-order valence-electron chi connectivity index (χ1n) is 18.0. The van der Waals surface area contributed by atoms with E-state index in [-0.39, 0.29) is 35.4 Å². The highest BCUT2D eigenvalue weighted by Crippen LogP contribution is 2.39. The summed E-state index contributed by atoms with van der Waals surface area (Å²) in [4.78, 5) is 69.9. The van der Waals surface area contributed by atoms with Gasteiger partial charge in [-0.05, 0) is 47.7 Å². The molecule has 16 heteroatoms. The quantitative estimate of drug-likeness (QED) is 0.0551. The average molecular weight is 772 g/mol. The number of nitrogens with one attached hydrogen (secondary N) is 3. The van der Waals surface area contributed by atoms with Crippen LogP contribution in [0, 0.1) is 0 Å². The summed E-state index contributed by atoms with van der Waals surface area (Å²) < 4.78 is 22.4. The van der Waals surface area contributed by atoms with Crippen LogP contribution in [0.2, 0.25) is 0 Å². The first kappa shape index (κ1) is 39.4. The van der Waals surface area contributed by atoms with E-state index in [0.29, 0.717) is 67.0 Å². The normalized spacial score (nSPS) is 14.8. The van der Waals surface area contributed by atoms with Crippen molar-refractivity contribution in [3.63, 3.8) is 0 Å². The first-order valence-corrected chi connectivity index (χ1v) is 18.8. The van der Waals surface area contributed by atoms with Gasteiger partial charge in [0.1, 0.15) is 17.8 Å². The number of pyridine rings is 2. The van der Waals surface area contributed by atoms with Crippen molar-refractivity contribution in [2.24, 2.45) is 7.05 Å². The molecule has 2 aromatic carbocycles. The van der Waals surface area contributed by atoms with Gasteiger partial charge < -0.3 is 34.2 Å².